The fraction of sp³-hybridized carbons (Fsp3) is 0.286. The molecule has 1 heterocycles. The van der Waals surface area contributed by atoms with Gasteiger partial charge in [0.2, 0.25) is 5.91 Å². The normalized spacial score (nSPS) is 14.9. The third-order valence-electron chi connectivity index (χ3n) is 3.52. The Kier molecular flexibility index (Phi) is 3.21. The van der Waals surface area contributed by atoms with E-state index in [0.717, 1.165) is 30.6 Å². The molecule has 0 radical (unpaired) electrons. The molecule has 1 aromatic carbocycles. The van der Waals surface area contributed by atoms with E-state index in [1.165, 1.54) is 0 Å². The molecule has 1 saturated carbocycles. The van der Waals surface area contributed by atoms with Gasteiger partial charge in [0.15, 0.2) is 4.77 Å². The number of nitrogens with one attached hydrogen (secondary N) is 2. The predicted octanol–water partition coefficient (Wildman–Crippen LogP) is 3.27. The Balaban J connectivity index is 1.82. The SMILES string of the molecule is O=C(Nc1cccc(-n2cc[nH]c2=S)c1)C1CCC1. The molecule has 2 aromatic rings. The summed E-state index contributed by atoms with van der Waals surface area (Å²) in [5.74, 6) is 0.319. The first-order valence-electron chi connectivity index (χ1n) is 6.41. The van der Waals surface area contributed by atoms with E-state index < -0.39 is 0 Å². The molecule has 5 heteroatoms. The number of benzene rings is 1. The Morgan fingerprint density at radius 3 is 2.89 bits per heavy atom. The number of hydrogen-bond donors (Lipinski definition) is 2. The predicted molar refractivity (Wildman–Crippen MR) is 76.9 cm³/mol. The van der Waals surface area contributed by atoms with E-state index in [1.54, 1.807) is 6.20 Å². The van der Waals surface area contributed by atoms with Crippen molar-refractivity contribution in [2.75, 3.05) is 5.32 Å². The third kappa shape index (κ3) is 2.46. The monoisotopic (exact) mass is 273 g/mol. The summed E-state index contributed by atoms with van der Waals surface area (Å²) in [5, 5.41) is 2.97. The highest BCUT2D eigenvalue weighted by atomic mass is 32.1. The second-order valence-electron chi connectivity index (χ2n) is 4.80. The van der Waals surface area contributed by atoms with Crippen molar-refractivity contribution in [1.82, 2.24) is 9.55 Å². The molecule has 3 rings (SSSR count). The summed E-state index contributed by atoms with van der Waals surface area (Å²) in [6, 6.07) is 7.71. The molecule has 1 aromatic heterocycles. The summed E-state index contributed by atoms with van der Waals surface area (Å²) in [6.45, 7) is 0. The highest BCUT2D eigenvalue weighted by Gasteiger charge is 2.25. The molecule has 0 saturated heterocycles. The van der Waals surface area contributed by atoms with E-state index in [-0.39, 0.29) is 11.8 Å². The number of imidazole rings is 1. The smallest absolute Gasteiger partial charge is 0.227 e. The van der Waals surface area contributed by atoms with Crippen molar-refractivity contribution >= 4 is 23.8 Å². The van der Waals surface area contributed by atoms with Crippen LogP contribution in [0.5, 0.6) is 0 Å². The van der Waals surface area contributed by atoms with E-state index in [2.05, 4.69) is 10.3 Å². The molecule has 1 amide bonds. The number of H-pyrrole nitrogens is 1. The van der Waals surface area contributed by atoms with Crippen LogP contribution in [0.3, 0.4) is 0 Å². The minimum Gasteiger partial charge on any atom is -0.337 e. The Morgan fingerprint density at radius 2 is 2.26 bits per heavy atom. The Labute approximate surface area is 116 Å². The van der Waals surface area contributed by atoms with Gasteiger partial charge in [-0.05, 0) is 43.3 Å². The van der Waals surface area contributed by atoms with Gasteiger partial charge in [-0.25, -0.2) is 0 Å². The zero-order valence-electron chi connectivity index (χ0n) is 10.4. The Morgan fingerprint density at radius 1 is 1.42 bits per heavy atom. The molecule has 2 N–H and O–H groups in total. The maximum atomic E-state index is 11.9. The van der Waals surface area contributed by atoms with Crippen molar-refractivity contribution in [1.29, 1.82) is 0 Å². The van der Waals surface area contributed by atoms with Gasteiger partial charge in [0, 0.05) is 29.7 Å². The molecule has 4 nitrogen and oxygen atoms in total. The molecule has 0 bridgehead atoms. The molecule has 1 aliphatic carbocycles. The number of hydrogen-bond acceptors (Lipinski definition) is 2. The molecule has 0 spiro atoms. The summed E-state index contributed by atoms with van der Waals surface area (Å²) in [7, 11) is 0. The fourth-order valence-electron chi connectivity index (χ4n) is 2.17. The van der Waals surface area contributed by atoms with Crippen LogP contribution in [0.25, 0.3) is 5.69 Å². The molecule has 0 unspecified atom stereocenters. The van der Waals surface area contributed by atoms with Crippen molar-refractivity contribution in [3.05, 3.63) is 41.4 Å². The van der Waals surface area contributed by atoms with Gasteiger partial charge < -0.3 is 10.3 Å². The molecule has 1 aliphatic rings. The summed E-state index contributed by atoms with van der Waals surface area (Å²) in [4.78, 5) is 14.9. The van der Waals surface area contributed by atoms with Crippen molar-refractivity contribution in [2.24, 2.45) is 5.92 Å². The van der Waals surface area contributed by atoms with Crippen LogP contribution in [0.1, 0.15) is 19.3 Å². The van der Waals surface area contributed by atoms with E-state index in [1.807, 2.05) is 35.0 Å². The molecule has 1 fully saturated rings. The van der Waals surface area contributed by atoms with Crippen LogP contribution < -0.4 is 5.32 Å². The number of aromatic amines is 1. The number of carbonyl (C=O) groups excluding carboxylic acids is 1. The van der Waals surface area contributed by atoms with Crippen LogP contribution in [-0.4, -0.2) is 15.5 Å². The van der Waals surface area contributed by atoms with Gasteiger partial charge in [-0.15, -0.1) is 0 Å². The number of anilines is 1. The quantitative estimate of drug-likeness (QED) is 0.843. The lowest BCUT2D eigenvalue weighted by Gasteiger charge is -2.24. The standard InChI is InChI=1S/C14H15N3OS/c18-13(10-3-1-4-10)16-11-5-2-6-12(9-11)17-8-7-15-14(17)19/h2,5-10H,1,3-4H2,(H,15,19)(H,16,18). The minimum absolute atomic E-state index is 0.126. The van der Waals surface area contributed by atoms with Crippen LogP contribution in [0.4, 0.5) is 5.69 Å². The minimum atomic E-state index is 0.126. The summed E-state index contributed by atoms with van der Waals surface area (Å²) in [5.41, 5.74) is 1.76. The maximum absolute atomic E-state index is 11.9. The number of rotatable bonds is 3. The maximum Gasteiger partial charge on any atom is 0.227 e. The van der Waals surface area contributed by atoms with Gasteiger partial charge in [0.05, 0.1) is 0 Å². The van der Waals surface area contributed by atoms with Crippen molar-refractivity contribution in [3.63, 3.8) is 0 Å². The summed E-state index contributed by atoms with van der Waals surface area (Å²) < 4.78 is 2.51. The van der Waals surface area contributed by atoms with Crippen LogP contribution in [0.2, 0.25) is 0 Å². The van der Waals surface area contributed by atoms with Gasteiger partial charge in [0.1, 0.15) is 0 Å². The van der Waals surface area contributed by atoms with Crippen LogP contribution >= 0.6 is 12.2 Å². The Bertz CT molecular complexity index is 654. The number of amides is 1. The van der Waals surface area contributed by atoms with Crippen LogP contribution in [0.15, 0.2) is 36.7 Å². The highest BCUT2D eigenvalue weighted by molar-refractivity contribution is 7.71. The highest BCUT2D eigenvalue weighted by Crippen LogP contribution is 2.27. The second-order valence-corrected chi connectivity index (χ2v) is 5.19. The first-order chi connectivity index (χ1) is 9.24. The van der Waals surface area contributed by atoms with Crippen LogP contribution in [0, 0.1) is 10.7 Å². The molecule has 19 heavy (non-hydrogen) atoms. The zero-order valence-corrected chi connectivity index (χ0v) is 11.2. The van der Waals surface area contributed by atoms with Gasteiger partial charge in [-0.2, -0.15) is 0 Å². The average Bonchev–Trinajstić information content (AvgIpc) is 2.73. The fourth-order valence-corrected chi connectivity index (χ4v) is 2.41. The first-order valence-corrected chi connectivity index (χ1v) is 6.82. The lowest BCUT2D eigenvalue weighted by molar-refractivity contribution is -0.122. The lowest BCUT2D eigenvalue weighted by atomic mass is 9.85. The lowest BCUT2D eigenvalue weighted by Crippen LogP contribution is -2.28. The number of aromatic nitrogens is 2. The molecular formula is C14H15N3OS. The van der Waals surface area contributed by atoms with Crippen molar-refractivity contribution < 1.29 is 4.79 Å². The third-order valence-corrected chi connectivity index (χ3v) is 3.83. The van der Waals surface area contributed by atoms with E-state index in [9.17, 15) is 4.79 Å². The first kappa shape index (κ1) is 12.2. The molecular weight excluding hydrogens is 258 g/mol. The van der Waals surface area contributed by atoms with E-state index in [0.29, 0.717) is 4.77 Å². The van der Waals surface area contributed by atoms with E-state index in [4.69, 9.17) is 12.2 Å². The van der Waals surface area contributed by atoms with E-state index >= 15 is 0 Å². The molecule has 98 valence electrons. The van der Waals surface area contributed by atoms with Crippen LogP contribution in [-0.2, 0) is 4.79 Å². The van der Waals surface area contributed by atoms with Gasteiger partial charge >= 0.3 is 0 Å². The average molecular weight is 273 g/mol. The summed E-state index contributed by atoms with van der Waals surface area (Å²) in [6.07, 6.45) is 6.84. The Hall–Kier alpha value is -1.88. The molecule has 0 atom stereocenters. The number of carbonyl (C=O) groups is 1. The van der Waals surface area contributed by atoms with Crippen molar-refractivity contribution in [3.8, 4) is 5.69 Å². The largest absolute Gasteiger partial charge is 0.337 e. The van der Waals surface area contributed by atoms with Gasteiger partial charge in [-0.3, -0.25) is 9.36 Å². The topological polar surface area (TPSA) is 49.8 Å². The van der Waals surface area contributed by atoms with Gasteiger partial charge in [-0.1, -0.05) is 12.5 Å². The van der Waals surface area contributed by atoms with Crippen molar-refractivity contribution in [2.45, 2.75) is 19.3 Å². The second kappa shape index (κ2) is 5.01. The number of nitrogens with zero attached hydrogens (tertiary/aromatic N) is 1. The summed E-state index contributed by atoms with van der Waals surface area (Å²) >= 11 is 5.19. The van der Waals surface area contributed by atoms with Gasteiger partial charge in [0.25, 0.3) is 0 Å². The molecule has 0 aliphatic heterocycles. The zero-order chi connectivity index (χ0) is 13.2.